The van der Waals surface area contributed by atoms with Gasteiger partial charge in [0.1, 0.15) is 5.82 Å². The molecule has 2 aromatic rings. The highest BCUT2D eigenvalue weighted by Gasteiger charge is 2.16. The van der Waals surface area contributed by atoms with Gasteiger partial charge in [-0.05, 0) is 36.4 Å². The minimum Gasteiger partial charge on any atom is -0.367 e. The van der Waals surface area contributed by atoms with Crippen molar-refractivity contribution in [3.63, 3.8) is 0 Å². The number of nitrogens with one attached hydrogen (secondary N) is 1. The second-order valence-electron chi connectivity index (χ2n) is 5.49. The second kappa shape index (κ2) is 7.31. The first-order valence-electron chi connectivity index (χ1n) is 7.63. The van der Waals surface area contributed by atoms with Crippen molar-refractivity contribution in [3.05, 3.63) is 53.2 Å². The number of benzene rings is 1. The highest BCUT2D eigenvalue weighted by atomic mass is 35.5. The molecule has 1 aromatic heterocycles. The molecule has 1 saturated heterocycles. The quantitative estimate of drug-likeness (QED) is 0.864. The number of aromatic nitrogens is 1. The lowest BCUT2D eigenvalue weighted by Gasteiger charge is -2.33. The van der Waals surface area contributed by atoms with E-state index in [4.69, 9.17) is 11.6 Å². The van der Waals surface area contributed by atoms with E-state index in [1.54, 1.807) is 41.4 Å². The van der Waals surface area contributed by atoms with E-state index in [1.807, 2.05) is 6.07 Å². The van der Waals surface area contributed by atoms with Crippen molar-refractivity contribution < 1.29 is 9.59 Å². The summed E-state index contributed by atoms with van der Waals surface area (Å²) in [6.45, 7) is 2.96. The van der Waals surface area contributed by atoms with Gasteiger partial charge in [0.15, 0.2) is 0 Å². The van der Waals surface area contributed by atoms with Crippen LogP contribution in [-0.2, 0) is 4.79 Å². The van der Waals surface area contributed by atoms with E-state index in [9.17, 15) is 9.59 Å². The smallest absolute Gasteiger partial charge is 0.256 e. The molecule has 0 aliphatic carbocycles. The van der Waals surface area contributed by atoms with Gasteiger partial charge >= 0.3 is 0 Å². The van der Waals surface area contributed by atoms with E-state index in [1.165, 1.54) is 0 Å². The van der Waals surface area contributed by atoms with Crippen molar-refractivity contribution >= 4 is 35.4 Å². The number of anilines is 2. The molecule has 7 heteroatoms. The van der Waals surface area contributed by atoms with Crippen LogP contribution in [0.2, 0.25) is 5.02 Å². The lowest BCUT2D eigenvalue weighted by molar-refractivity contribution is -0.118. The van der Waals surface area contributed by atoms with Crippen molar-refractivity contribution in [1.29, 1.82) is 0 Å². The average Bonchev–Trinajstić information content (AvgIpc) is 2.63. The molecule has 2 amide bonds. The van der Waals surface area contributed by atoms with Crippen LogP contribution in [-0.4, -0.2) is 48.4 Å². The fourth-order valence-electron chi connectivity index (χ4n) is 2.52. The first-order chi connectivity index (χ1) is 11.7. The Morgan fingerprint density at radius 3 is 2.38 bits per heavy atom. The van der Waals surface area contributed by atoms with Crippen LogP contribution >= 0.6 is 11.6 Å². The van der Waals surface area contributed by atoms with Crippen molar-refractivity contribution in [2.75, 3.05) is 36.4 Å². The number of amides is 2. The van der Waals surface area contributed by atoms with Crippen LogP contribution in [0.5, 0.6) is 0 Å². The number of rotatable bonds is 4. The topological polar surface area (TPSA) is 65.5 Å². The summed E-state index contributed by atoms with van der Waals surface area (Å²) in [7, 11) is 0. The third-order valence-electron chi connectivity index (χ3n) is 3.92. The molecule has 0 bridgehead atoms. The molecule has 1 fully saturated rings. The number of piperazine rings is 1. The molecule has 1 aliphatic rings. The van der Waals surface area contributed by atoms with Gasteiger partial charge < -0.3 is 15.1 Å². The largest absolute Gasteiger partial charge is 0.367 e. The Kier molecular flexibility index (Phi) is 4.96. The van der Waals surface area contributed by atoms with Gasteiger partial charge in [-0.3, -0.25) is 9.59 Å². The molecule has 0 spiro atoms. The molecule has 3 rings (SSSR count). The number of pyridine rings is 1. The summed E-state index contributed by atoms with van der Waals surface area (Å²) in [4.78, 5) is 31.1. The van der Waals surface area contributed by atoms with E-state index in [-0.39, 0.29) is 5.91 Å². The van der Waals surface area contributed by atoms with Gasteiger partial charge in [-0.2, -0.15) is 0 Å². The molecule has 1 aromatic carbocycles. The Balaban J connectivity index is 1.61. The summed E-state index contributed by atoms with van der Waals surface area (Å²) >= 11 is 5.82. The molecule has 0 radical (unpaired) electrons. The highest BCUT2D eigenvalue weighted by molar-refractivity contribution is 6.30. The molecule has 24 heavy (non-hydrogen) atoms. The molecule has 6 nitrogen and oxygen atoms in total. The Morgan fingerprint density at radius 1 is 1.08 bits per heavy atom. The summed E-state index contributed by atoms with van der Waals surface area (Å²) in [6, 6.07) is 10.4. The van der Waals surface area contributed by atoms with Gasteiger partial charge in [-0.1, -0.05) is 11.6 Å². The van der Waals surface area contributed by atoms with Gasteiger partial charge in [0.25, 0.3) is 5.91 Å². The lowest BCUT2D eigenvalue weighted by Crippen LogP contribution is -2.45. The van der Waals surface area contributed by atoms with Crippen LogP contribution in [0.3, 0.4) is 0 Å². The third-order valence-corrected chi connectivity index (χ3v) is 4.18. The average molecular weight is 345 g/mol. The monoisotopic (exact) mass is 344 g/mol. The Morgan fingerprint density at radius 2 is 1.79 bits per heavy atom. The SMILES string of the molecule is O=CN1CCN(c2ccc(NC(=O)c3ccc(Cl)cc3)nc2)CC1. The predicted octanol–water partition coefficient (Wildman–Crippen LogP) is 2.27. The molecule has 124 valence electrons. The molecule has 0 saturated carbocycles. The van der Waals surface area contributed by atoms with Crippen LogP contribution in [0.25, 0.3) is 0 Å². The number of hydrogen-bond acceptors (Lipinski definition) is 4. The predicted molar refractivity (Wildman–Crippen MR) is 93.5 cm³/mol. The summed E-state index contributed by atoms with van der Waals surface area (Å²) in [5.74, 6) is 0.261. The summed E-state index contributed by atoms with van der Waals surface area (Å²) in [6.07, 6.45) is 2.61. The van der Waals surface area contributed by atoms with Crippen LogP contribution < -0.4 is 10.2 Å². The normalized spacial score (nSPS) is 14.4. The van der Waals surface area contributed by atoms with E-state index in [2.05, 4.69) is 15.2 Å². The summed E-state index contributed by atoms with van der Waals surface area (Å²) in [5.41, 5.74) is 1.50. The number of hydrogen-bond donors (Lipinski definition) is 1. The number of carbonyl (C=O) groups excluding carboxylic acids is 2. The molecule has 1 N–H and O–H groups in total. The standard InChI is InChI=1S/C17H17ClN4O2/c18-14-3-1-13(2-4-14)17(24)20-16-6-5-15(11-19-16)22-9-7-21(12-23)8-10-22/h1-6,11-12H,7-10H2,(H,19,20,24). The van der Waals surface area contributed by atoms with Gasteiger partial charge in [-0.15, -0.1) is 0 Å². The van der Waals surface area contributed by atoms with E-state index in [0.29, 0.717) is 29.5 Å². The maximum atomic E-state index is 12.1. The highest BCUT2D eigenvalue weighted by Crippen LogP contribution is 2.17. The van der Waals surface area contributed by atoms with Crippen LogP contribution in [0, 0.1) is 0 Å². The Bertz CT molecular complexity index is 710. The Hall–Kier alpha value is -2.60. The molecule has 2 heterocycles. The zero-order valence-corrected chi connectivity index (χ0v) is 13.7. The fraction of sp³-hybridized carbons (Fsp3) is 0.235. The Labute approximate surface area is 145 Å². The van der Waals surface area contributed by atoms with Crippen molar-refractivity contribution in [2.24, 2.45) is 0 Å². The van der Waals surface area contributed by atoms with Crippen LogP contribution in [0.4, 0.5) is 11.5 Å². The van der Waals surface area contributed by atoms with Gasteiger partial charge in [-0.25, -0.2) is 4.98 Å². The fourth-order valence-corrected chi connectivity index (χ4v) is 2.65. The van der Waals surface area contributed by atoms with Gasteiger partial charge in [0, 0.05) is 36.8 Å². The van der Waals surface area contributed by atoms with Crippen molar-refractivity contribution in [2.45, 2.75) is 0 Å². The maximum absolute atomic E-state index is 12.1. The minimum atomic E-state index is -0.230. The summed E-state index contributed by atoms with van der Waals surface area (Å²) < 4.78 is 0. The van der Waals surface area contributed by atoms with Gasteiger partial charge in [0.05, 0.1) is 11.9 Å². The number of nitrogens with zero attached hydrogens (tertiary/aromatic N) is 3. The van der Waals surface area contributed by atoms with E-state index in [0.717, 1.165) is 25.2 Å². The maximum Gasteiger partial charge on any atom is 0.256 e. The molecular weight excluding hydrogens is 328 g/mol. The number of halogens is 1. The van der Waals surface area contributed by atoms with Crippen LogP contribution in [0.1, 0.15) is 10.4 Å². The molecular formula is C17H17ClN4O2. The van der Waals surface area contributed by atoms with Crippen molar-refractivity contribution in [1.82, 2.24) is 9.88 Å². The zero-order chi connectivity index (χ0) is 16.9. The minimum absolute atomic E-state index is 0.230. The molecule has 0 atom stereocenters. The molecule has 1 aliphatic heterocycles. The number of carbonyl (C=O) groups is 2. The third kappa shape index (κ3) is 3.83. The van der Waals surface area contributed by atoms with Crippen molar-refractivity contribution in [3.8, 4) is 0 Å². The first kappa shape index (κ1) is 16.3. The molecule has 0 unspecified atom stereocenters. The zero-order valence-electron chi connectivity index (χ0n) is 13.0. The van der Waals surface area contributed by atoms with Crippen LogP contribution in [0.15, 0.2) is 42.6 Å². The summed E-state index contributed by atoms with van der Waals surface area (Å²) in [5, 5.41) is 3.34. The van der Waals surface area contributed by atoms with Gasteiger partial charge in [0.2, 0.25) is 6.41 Å². The van der Waals surface area contributed by atoms with E-state index >= 15 is 0 Å². The lowest BCUT2D eigenvalue weighted by atomic mass is 10.2. The first-order valence-corrected chi connectivity index (χ1v) is 8.01. The van der Waals surface area contributed by atoms with E-state index < -0.39 is 0 Å². The second-order valence-corrected chi connectivity index (χ2v) is 5.93.